The molecule has 1 spiro atoms. The van der Waals surface area contributed by atoms with Crippen molar-refractivity contribution in [2.75, 3.05) is 0 Å². The van der Waals surface area contributed by atoms with E-state index in [0.717, 1.165) is 41.8 Å². The van der Waals surface area contributed by atoms with Gasteiger partial charge < -0.3 is 10.2 Å². The second-order valence-corrected chi connectivity index (χ2v) is 9.41. The molecule has 0 fully saturated rings. The molecule has 6 rings (SSSR count). The number of benzene rings is 4. The highest BCUT2D eigenvalue weighted by molar-refractivity contribution is 8.00. The van der Waals surface area contributed by atoms with Crippen LogP contribution in [0.25, 0.3) is 0 Å². The van der Waals surface area contributed by atoms with Crippen molar-refractivity contribution in [3.63, 3.8) is 0 Å². The van der Waals surface area contributed by atoms with Gasteiger partial charge in [-0.15, -0.1) is 0 Å². The predicted octanol–water partition coefficient (Wildman–Crippen LogP) is 6.41. The van der Waals surface area contributed by atoms with E-state index in [9.17, 15) is 10.2 Å². The van der Waals surface area contributed by atoms with Crippen LogP contribution >= 0.6 is 23.5 Å². The Balaban J connectivity index is 1.90. The lowest BCUT2D eigenvalue weighted by Gasteiger charge is -2.45. The second kappa shape index (κ2) is 6.09. The average molecular weight is 413 g/mol. The maximum absolute atomic E-state index is 11.1. The van der Waals surface area contributed by atoms with Crippen molar-refractivity contribution in [2.45, 2.75) is 25.0 Å². The molecule has 2 aliphatic heterocycles. The fourth-order valence-electron chi connectivity index (χ4n) is 4.74. The van der Waals surface area contributed by atoms with Gasteiger partial charge in [0.2, 0.25) is 0 Å². The maximum atomic E-state index is 11.1. The number of aromatic hydroxyl groups is 2. The highest BCUT2D eigenvalue weighted by Gasteiger charge is 2.51. The summed E-state index contributed by atoms with van der Waals surface area (Å²) in [6, 6.07) is 28.0. The van der Waals surface area contributed by atoms with Crippen molar-refractivity contribution >= 4 is 23.5 Å². The Hall–Kier alpha value is -2.82. The van der Waals surface area contributed by atoms with Gasteiger partial charge in [0.05, 0.1) is 5.41 Å². The Morgan fingerprint density at radius 2 is 0.897 bits per heavy atom. The van der Waals surface area contributed by atoms with E-state index in [1.54, 1.807) is 35.7 Å². The molecule has 0 aliphatic carbocycles. The normalized spacial score (nSPS) is 15.2. The fraction of sp³-hybridized carbons (Fsp3) is 0.0400. The summed E-state index contributed by atoms with van der Waals surface area (Å²) in [4.78, 5) is 4.31. The van der Waals surface area contributed by atoms with Crippen LogP contribution in [0.3, 0.4) is 0 Å². The van der Waals surface area contributed by atoms with Gasteiger partial charge in [-0.1, -0.05) is 72.1 Å². The molecular weight excluding hydrogens is 396 g/mol. The molecule has 4 aromatic carbocycles. The molecule has 0 saturated carbocycles. The highest BCUT2D eigenvalue weighted by atomic mass is 32.2. The van der Waals surface area contributed by atoms with Crippen LogP contribution in [0.2, 0.25) is 0 Å². The van der Waals surface area contributed by atoms with E-state index >= 15 is 0 Å². The number of fused-ring (bicyclic) bond motifs is 8. The molecule has 0 amide bonds. The zero-order chi connectivity index (χ0) is 19.6. The third kappa shape index (κ3) is 2.16. The molecule has 2 heterocycles. The van der Waals surface area contributed by atoms with E-state index in [2.05, 4.69) is 36.4 Å². The summed E-state index contributed by atoms with van der Waals surface area (Å²) in [5.74, 6) is 0.501. The van der Waals surface area contributed by atoms with Gasteiger partial charge in [0, 0.05) is 30.7 Å². The largest absolute Gasteiger partial charge is 0.508 e. The van der Waals surface area contributed by atoms with Crippen LogP contribution in [0, 0.1) is 0 Å². The number of hydrogen-bond acceptors (Lipinski definition) is 4. The smallest absolute Gasteiger partial charge is 0.121 e. The zero-order valence-electron chi connectivity index (χ0n) is 15.3. The Bertz CT molecular complexity index is 1190. The number of phenols is 2. The van der Waals surface area contributed by atoms with Gasteiger partial charge in [-0.05, 0) is 47.5 Å². The number of phenolic OH excluding ortho intramolecular Hbond substituents is 2. The van der Waals surface area contributed by atoms with E-state index in [-0.39, 0.29) is 11.5 Å². The van der Waals surface area contributed by atoms with Crippen LogP contribution < -0.4 is 0 Å². The standard InChI is InChI=1S/C25H16O2S2/c26-17-9-5-13-21-23(17)25(15-7-1-3-11-19(15)28-21)16-8-2-4-12-20(16)29-22-14-6-10-18(27)24(22)25/h1-14,26-27H. The van der Waals surface area contributed by atoms with Crippen molar-refractivity contribution < 1.29 is 10.2 Å². The van der Waals surface area contributed by atoms with Crippen LogP contribution in [0.1, 0.15) is 22.3 Å². The molecule has 0 radical (unpaired) electrons. The summed E-state index contributed by atoms with van der Waals surface area (Å²) in [7, 11) is 0. The summed E-state index contributed by atoms with van der Waals surface area (Å²) in [6.07, 6.45) is 0. The SMILES string of the molecule is Oc1cccc2c1C1(c3ccccc3S2)c2ccccc2Sc2cccc(O)c21. The predicted molar refractivity (Wildman–Crippen MR) is 116 cm³/mol. The minimum Gasteiger partial charge on any atom is -0.508 e. The first-order valence-electron chi connectivity index (χ1n) is 9.41. The molecule has 0 saturated heterocycles. The van der Waals surface area contributed by atoms with Gasteiger partial charge in [0.15, 0.2) is 0 Å². The molecule has 0 atom stereocenters. The molecule has 0 unspecified atom stereocenters. The molecule has 140 valence electrons. The van der Waals surface area contributed by atoms with Crippen LogP contribution in [0.15, 0.2) is 105 Å². The topological polar surface area (TPSA) is 40.5 Å². The van der Waals surface area contributed by atoms with E-state index in [4.69, 9.17) is 0 Å². The van der Waals surface area contributed by atoms with Gasteiger partial charge in [-0.2, -0.15) is 0 Å². The minimum absolute atomic E-state index is 0.250. The van der Waals surface area contributed by atoms with Gasteiger partial charge in [0.25, 0.3) is 0 Å². The van der Waals surface area contributed by atoms with Crippen molar-refractivity contribution in [1.82, 2.24) is 0 Å². The summed E-state index contributed by atoms with van der Waals surface area (Å²) >= 11 is 3.34. The van der Waals surface area contributed by atoms with Crippen LogP contribution in [-0.4, -0.2) is 10.2 Å². The molecule has 0 bridgehead atoms. The van der Waals surface area contributed by atoms with E-state index in [0.29, 0.717) is 0 Å². The summed E-state index contributed by atoms with van der Waals surface area (Å²) in [5, 5.41) is 22.3. The van der Waals surface area contributed by atoms with Crippen LogP contribution in [0.4, 0.5) is 0 Å². The first kappa shape index (κ1) is 17.1. The molecule has 2 nitrogen and oxygen atoms in total. The van der Waals surface area contributed by atoms with Gasteiger partial charge in [0.1, 0.15) is 11.5 Å². The third-order valence-electron chi connectivity index (χ3n) is 5.78. The summed E-state index contributed by atoms with van der Waals surface area (Å²) < 4.78 is 0. The van der Waals surface area contributed by atoms with Crippen molar-refractivity contribution in [1.29, 1.82) is 0 Å². The van der Waals surface area contributed by atoms with E-state index in [1.165, 1.54) is 0 Å². The zero-order valence-corrected chi connectivity index (χ0v) is 16.9. The Labute approximate surface area is 177 Å². The maximum Gasteiger partial charge on any atom is 0.121 e. The fourth-order valence-corrected chi connectivity index (χ4v) is 7.18. The molecule has 4 heteroatoms. The molecule has 4 aromatic rings. The summed E-state index contributed by atoms with van der Waals surface area (Å²) in [6.45, 7) is 0. The van der Waals surface area contributed by atoms with Gasteiger partial charge in [-0.25, -0.2) is 0 Å². The van der Waals surface area contributed by atoms with E-state index in [1.807, 2.05) is 36.4 Å². The quantitative estimate of drug-likeness (QED) is 0.302. The lowest BCUT2D eigenvalue weighted by molar-refractivity contribution is 0.437. The molecular formula is C25H16O2S2. The van der Waals surface area contributed by atoms with Gasteiger partial charge in [-0.3, -0.25) is 0 Å². The molecule has 2 N–H and O–H groups in total. The Morgan fingerprint density at radius 3 is 1.38 bits per heavy atom. The molecule has 2 aliphatic rings. The van der Waals surface area contributed by atoms with Crippen molar-refractivity contribution in [3.8, 4) is 11.5 Å². The summed E-state index contributed by atoms with van der Waals surface area (Å²) in [5.41, 5.74) is 3.10. The average Bonchev–Trinajstić information content (AvgIpc) is 2.74. The number of hydrogen-bond donors (Lipinski definition) is 2. The van der Waals surface area contributed by atoms with Gasteiger partial charge >= 0.3 is 0 Å². The third-order valence-corrected chi connectivity index (χ3v) is 8.05. The van der Waals surface area contributed by atoms with Crippen LogP contribution in [0.5, 0.6) is 11.5 Å². The van der Waals surface area contributed by atoms with Crippen molar-refractivity contribution in [2.24, 2.45) is 0 Å². The Morgan fingerprint density at radius 1 is 0.483 bits per heavy atom. The molecule has 29 heavy (non-hydrogen) atoms. The van der Waals surface area contributed by atoms with Crippen LogP contribution in [-0.2, 0) is 5.41 Å². The monoisotopic (exact) mass is 412 g/mol. The minimum atomic E-state index is -0.773. The highest BCUT2D eigenvalue weighted by Crippen LogP contribution is 2.64. The van der Waals surface area contributed by atoms with E-state index < -0.39 is 5.41 Å². The first-order chi connectivity index (χ1) is 14.2. The second-order valence-electron chi connectivity index (χ2n) is 7.25. The first-order valence-corrected chi connectivity index (χ1v) is 11.0. The Kier molecular flexibility index (Phi) is 3.58. The molecule has 0 aromatic heterocycles. The lowest BCUT2D eigenvalue weighted by atomic mass is 9.64. The number of rotatable bonds is 0. The van der Waals surface area contributed by atoms with Crippen molar-refractivity contribution in [3.05, 3.63) is 107 Å². The lowest BCUT2D eigenvalue weighted by Crippen LogP contribution is -2.36.